The Balaban J connectivity index is 1.80. The number of piperidine rings is 1. The number of hydrogen-bond acceptors (Lipinski definition) is 4. The van der Waals surface area contributed by atoms with Crippen LogP contribution in [0.2, 0.25) is 0 Å². The summed E-state index contributed by atoms with van der Waals surface area (Å²) in [6, 6.07) is 15.5. The molecule has 0 radical (unpaired) electrons. The number of hydrogen-bond donors (Lipinski definition) is 1. The fraction of sp³-hybridized carbons (Fsp3) is 0.261. The molecule has 0 aliphatic carbocycles. The molecule has 7 heteroatoms. The van der Waals surface area contributed by atoms with E-state index in [2.05, 4.69) is 11.2 Å². The number of amides is 1. The van der Waals surface area contributed by atoms with Crippen LogP contribution in [0.5, 0.6) is 0 Å². The lowest BCUT2D eigenvalue weighted by Crippen LogP contribution is -2.45. The summed E-state index contributed by atoms with van der Waals surface area (Å²) in [6.07, 6.45) is 1.74. The zero-order valence-corrected chi connectivity index (χ0v) is 16.7. The number of nitrogens with two attached hydrogens (primary N) is 1. The van der Waals surface area contributed by atoms with Crippen LogP contribution >= 0.6 is 0 Å². The van der Waals surface area contributed by atoms with Gasteiger partial charge < -0.3 is 10.6 Å². The average Bonchev–Trinajstić information content (AvgIpc) is 3.18. The number of aromatic nitrogens is 2. The summed E-state index contributed by atoms with van der Waals surface area (Å²) < 4.78 is 16.2. The Bertz CT molecular complexity index is 1130. The normalized spacial score (nSPS) is 16.3. The van der Waals surface area contributed by atoms with Crippen molar-refractivity contribution in [2.24, 2.45) is 5.73 Å². The molecule has 1 saturated heterocycles. The Morgan fingerprint density at radius 1 is 1.23 bits per heavy atom. The van der Waals surface area contributed by atoms with E-state index in [1.165, 1.54) is 10.7 Å². The van der Waals surface area contributed by atoms with Gasteiger partial charge in [0, 0.05) is 24.7 Å². The summed E-state index contributed by atoms with van der Waals surface area (Å²) >= 11 is 0. The third-order valence-corrected chi connectivity index (χ3v) is 5.31. The number of nitriles is 1. The standard InChI is InChI=1S/C23H22FN5O/c1-15-4-9-21(19(24)11-15)29-22(17-7-5-16(13-25)6-8-17)12-20(27-29)23(30)28-10-2-3-18(26)14-28/h4-9,11-12,18H,2-3,10,14,26H2,1H3. The molecule has 1 amide bonds. The van der Waals surface area contributed by atoms with Crippen molar-refractivity contribution < 1.29 is 9.18 Å². The van der Waals surface area contributed by atoms with Crippen molar-refractivity contribution >= 4 is 5.91 Å². The minimum Gasteiger partial charge on any atom is -0.336 e. The number of benzene rings is 2. The average molecular weight is 403 g/mol. The number of aryl methyl sites for hydroxylation is 1. The van der Waals surface area contributed by atoms with Gasteiger partial charge in [0.2, 0.25) is 0 Å². The molecule has 4 rings (SSSR count). The van der Waals surface area contributed by atoms with E-state index in [1.807, 2.05) is 6.92 Å². The van der Waals surface area contributed by atoms with Crippen LogP contribution in [0, 0.1) is 24.1 Å². The second-order valence-electron chi connectivity index (χ2n) is 7.62. The van der Waals surface area contributed by atoms with Crippen molar-refractivity contribution in [3.05, 3.63) is 71.2 Å². The SMILES string of the molecule is Cc1ccc(-n2nc(C(=O)N3CCCC(N)C3)cc2-c2ccc(C#N)cc2)c(F)c1. The van der Waals surface area contributed by atoms with E-state index in [0.717, 1.165) is 24.0 Å². The lowest BCUT2D eigenvalue weighted by molar-refractivity contribution is 0.0702. The Morgan fingerprint density at radius 3 is 2.67 bits per heavy atom. The van der Waals surface area contributed by atoms with E-state index >= 15 is 0 Å². The van der Waals surface area contributed by atoms with Gasteiger partial charge in [-0.3, -0.25) is 4.79 Å². The topological polar surface area (TPSA) is 87.9 Å². The number of carbonyl (C=O) groups is 1. The molecule has 6 nitrogen and oxygen atoms in total. The lowest BCUT2D eigenvalue weighted by atomic mass is 10.1. The Kier molecular flexibility index (Phi) is 5.34. The van der Waals surface area contributed by atoms with Crippen LogP contribution in [0.25, 0.3) is 16.9 Å². The van der Waals surface area contributed by atoms with Gasteiger partial charge >= 0.3 is 0 Å². The third kappa shape index (κ3) is 3.82. The molecule has 1 aliphatic rings. The molecule has 0 bridgehead atoms. The highest BCUT2D eigenvalue weighted by atomic mass is 19.1. The van der Waals surface area contributed by atoms with Gasteiger partial charge in [0.25, 0.3) is 5.91 Å². The van der Waals surface area contributed by atoms with Crippen LogP contribution in [0.15, 0.2) is 48.5 Å². The molecule has 2 aromatic carbocycles. The molecular weight excluding hydrogens is 381 g/mol. The van der Waals surface area contributed by atoms with E-state index in [0.29, 0.717) is 24.3 Å². The Hall–Kier alpha value is -3.50. The van der Waals surface area contributed by atoms with Gasteiger partial charge in [0.1, 0.15) is 11.5 Å². The smallest absolute Gasteiger partial charge is 0.274 e. The van der Waals surface area contributed by atoms with Crippen LogP contribution in [0.3, 0.4) is 0 Å². The van der Waals surface area contributed by atoms with E-state index in [-0.39, 0.29) is 23.3 Å². The first-order valence-corrected chi connectivity index (χ1v) is 9.88. The number of likely N-dealkylation sites (tertiary alicyclic amines) is 1. The van der Waals surface area contributed by atoms with Gasteiger partial charge in [-0.05, 0) is 55.7 Å². The Labute approximate surface area is 174 Å². The highest BCUT2D eigenvalue weighted by molar-refractivity contribution is 5.93. The first-order valence-electron chi connectivity index (χ1n) is 9.88. The monoisotopic (exact) mass is 403 g/mol. The molecule has 30 heavy (non-hydrogen) atoms. The van der Waals surface area contributed by atoms with Crippen LogP contribution in [-0.2, 0) is 0 Å². The molecule has 0 spiro atoms. The summed E-state index contributed by atoms with van der Waals surface area (Å²) in [5.74, 6) is -0.640. The number of halogens is 1. The van der Waals surface area contributed by atoms with Crippen molar-refractivity contribution in [3.8, 4) is 23.0 Å². The minimum absolute atomic E-state index is 0.0441. The molecule has 2 N–H and O–H groups in total. The summed E-state index contributed by atoms with van der Waals surface area (Å²) in [4.78, 5) is 14.8. The summed E-state index contributed by atoms with van der Waals surface area (Å²) in [5.41, 5.74) is 9.14. The minimum atomic E-state index is -0.424. The van der Waals surface area contributed by atoms with Crippen molar-refractivity contribution in [1.29, 1.82) is 5.26 Å². The first-order chi connectivity index (χ1) is 14.5. The molecular formula is C23H22FN5O. The van der Waals surface area contributed by atoms with E-state index in [9.17, 15) is 9.18 Å². The summed E-state index contributed by atoms with van der Waals surface area (Å²) in [7, 11) is 0. The molecule has 1 unspecified atom stereocenters. The maximum atomic E-state index is 14.8. The van der Waals surface area contributed by atoms with E-state index < -0.39 is 5.82 Å². The Morgan fingerprint density at radius 2 is 2.00 bits per heavy atom. The molecule has 1 atom stereocenters. The second-order valence-corrected chi connectivity index (χ2v) is 7.62. The van der Waals surface area contributed by atoms with Crippen molar-refractivity contribution in [3.63, 3.8) is 0 Å². The number of carbonyl (C=O) groups excluding carboxylic acids is 1. The lowest BCUT2D eigenvalue weighted by Gasteiger charge is -2.30. The summed E-state index contributed by atoms with van der Waals surface area (Å²) in [6.45, 7) is 2.92. The third-order valence-electron chi connectivity index (χ3n) is 5.31. The number of rotatable bonds is 3. The van der Waals surface area contributed by atoms with Crippen molar-refractivity contribution in [2.75, 3.05) is 13.1 Å². The molecule has 1 aromatic heterocycles. The second kappa shape index (κ2) is 8.09. The van der Waals surface area contributed by atoms with Crippen LogP contribution in [0.1, 0.15) is 34.5 Å². The largest absolute Gasteiger partial charge is 0.336 e. The first kappa shape index (κ1) is 19.8. The molecule has 2 heterocycles. The van der Waals surface area contributed by atoms with Gasteiger partial charge in [-0.15, -0.1) is 0 Å². The highest BCUT2D eigenvalue weighted by Gasteiger charge is 2.26. The van der Waals surface area contributed by atoms with Crippen molar-refractivity contribution in [1.82, 2.24) is 14.7 Å². The fourth-order valence-corrected chi connectivity index (χ4v) is 3.73. The summed E-state index contributed by atoms with van der Waals surface area (Å²) in [5, 5.41) is 13.5. The van der Waals surface area contributed by atoms with Gasteiger partial charge in [0.15, 0.2) is 5.69 Å². The zero-order chi connectivity index (χ0) is 21.3. The predicted molar refractivity (Wildman–Crippen MR) is 112 cm³/mol. The van der Waals surface area contributed by atoms with Crippen LogP contribution in [-0.4, -0.2) is 39.7 Å². The highest BCUT2D eigenvalue weighted by Crippen LogP contribution is 2.27. The van der Waals surface area contributed by atoms with Gasteiger partial charge in [0.05, 0.1) is 17.3 Å². The van der Waals surface area contributed by atoms with E-state index in [1.54, 1.807) is 47.4 Å². The molecule has 152 valence electrons. The van der Waals surface area contributed by atoms with Crippen LogP contribution < -0.4 is 5.73 Å². The van der Waals surface area contributed by atoms with Gasteiger partial charge in [-0.2, -0.15) is 10.4 Å². The molecule has 1 aliphatic heterocycles. The predicted octanol–water partition coefficient (Wildman–Crippen LogP) is 3.42. The molecule has 0 saturated carbocycles. The molecule has 1 fully saturated rings. The van der Waals surface area contributed by atoms with Crippen molar-refractivity contribution in [2.45, 2.75) is 25.8 Å². The fourth-order valence-electron chi connectivity index (χ4n) is 3.73. The van der Waals surface area contributed by atoms with E-state index in [4.69, 9.17) is 11.0 Å². The van der Waals surface area contributed by atoms with Crippen LogP contribution in [0.4, 0.5) is 4.39 Å². The van der Waals surface area contributed by atoms with Gasteiger partial charge in [-0.25, -0.2) is 9.07 Å². The maximum absolute atomic E-state index is 14.8. The quantitative estimate of drug-likeness (QED) is 0.726. The maximum Gasteiger partial charge on any atom is 0.274 e. The molecule has 3 aromatic rings. The zero-order valence-electron chi connectivity index (χ0n) is 16.7. The van der Waals surface area contributed by atoms with Gasteiger partial charge in [-0.1, -0.05) is 18.2 Å². The number of nitrogens with zero attached hydrogens (tertiary/aromatic N) is 4.